The summed E-state index contributed by atoms with van der Waals surface area (Å²) in [5, 5.41) is 2.85. The van der Waals surface area contributed by atoms with E-state index in [-0.39, 0.29) is 5.91 Å². The van der Waals surface area contributed by atoms with E-state index >= 15 is 0 Å². The Morgan fingerprint density at radius 2 is 2.14 bits per heavy atom. The maximum absolute atomic E-state index is 10.9. The van der Waals surface area contributed by atoms with Crippen LogP contribution in [0.4, 0.5) is 5.69 Å². The molecule has 2 heteroatoms. The quantitative estimate of drug-likeness (QED) is 0.782. The lowest BCUT2D eigenvalue weighted by Crippen LogP contribution is -2.08. The van der Waals surface area contributed by atoms with Crippen LogP contribution in [0.3, 0.4) is 0 Å². The van der Waals surface area contributed by atoms with Crippen molar-refractivity contribution in [3.8, 4) is 0 Å². The van der Waals surface area contributed by atoms with Gasteiger partial charge in [0.15, 0.2) is 0 Å². The third-order valence-corrected chi connectivity index (χ3v) is 2.09. The summed E-state index contributed by atoms with van der Waals surface area (Å²) in [5.74, 6) is -0.00814. The third-order valence-electron chi connectivity index (χ3n) is 2.09. The summed E-state index contributed by atoms with van der Waals surface area (Å²) in [5.41, 5.74) is 3.41. The van der Waals surface area contributed by atoms with Crippen LogP contribution in [-0.2, 0) is 11.2 Å². The molecule has 0 fully saturated rings. The van der Waals surface area contributed by atoms with Crippen molar-refractivity contribution in [2.24, 2.45) is 0 Å². The molecule has 0 aliphatic carbocycles. The Hall–Kier alpha value is -1.31. The monoisotopic (exact) mass is 191 g/mol. The minimum absolute atomic E-state index is 0.00814. The minimum atomic E-state index is -0.00814. The Labute approximate surface area is 85.3 Å². The van der Waals surface area contributed by atoms with Crippen molar-refractivity contribution in [1.82, 2.24) is 0 Å². The highest BCUT2D eigenvalue weighted by atomic mass is 16.1. The molecule has 2 nitrogen and oxygen atoms in total. The van der Waals surface area contributed by atoms with E-state index in [1.165, 1.54) is 18.1 Å². The van der Waals surface area contributed by atoms with Gasteiger partial charge >= 0.3 is 0 Å². The second-order valence-corrected chi connectivity index (χ2v) is 3.59. The lowest BCUT2D eigenvalue weighted by molar-refractivity contribution is -0.114. The van der Waals surface area contributed by atoms with Gasteiger partial charge < -0.3 is 5.32 Å². The molecule has 0 heterocycles. The van der Waals surface area contributed by atoms with Crippen LogP contribution >= 0.6 is 0 Å². The predicted molar refractivity (Wildman–Crippen MR) is 59.5 cm³/mol. The van der Waals surface area contributed by atoms with E-state index in [0.717, 1.165) is 18.5 Å². The van der Waals surface area contributed by atoms with Crippen LogP contribution in [0, 0.1) is 6.92 Å². The number of carbonyl (C=O) groups is 1. The highest BCUT2D eigenvalue weighted by Crippen LogP contribution is 2.18. The van der Waals surface area contributed by atoms with Gasteiger partial charge in [-0.05, 0) is 25.0 Å². The van der Waals surface area contributed by atoms with Crippen molar-refractivity contribution < 1.29 is 4.79 Å². The van der Waals surface area contributed by atoms with Crippen LogP contribution in [0.5, 0.6) is 0 Å². The molecule has 1 amide bonds. The van der Waals surface area contributed by atoms with Gasteiger partial charge in [0.1, 0.15) is 0 Å². The number of benzene rings is 1. The molecule has 0 aliphatic rings. The Bertz CT molecular complexity index is 331. The van der Waals surface area contributed by atoms with Gasteiger partial charge in [0.25, 0.3) is 0 Å². The highest BCUT2D eigenvalue weighted by Gasteiger charge is 2.02. The lowest BCUT2D eigenvalue weighted by atomic mass is 10.0. The number of aryl methyl sites for hydroxylation is 2. The van der Waals surface area contributed by atoms with Crippen LogP contribution in [-0.4, -0.2) is 5.91 Å². The van der Waals surface area contributed by atoms with Gasteiger partial charge in [-0.25, -0.2) is 0 Å². The van der Waals surface area contributed by atoms with Crippen molar-refractivity contribution in [2.75, 3.05) is 5.32 Å². The largest absolute Gasteiger partial charge is 0.326 e. The zero-order chi connectivity index (χ0) is 10.6. The highest BCUT2D eigenvalue weighted by molar-refractivity contribution is 5.89. The zero-order valence-corrected chi connectivity index (χ0v) is 9.05. The Morgan fingerprint density at radius 1 is 1.43 bits per heavy atom. The van der Waals surface area contributed by atoms with E-state index in [1.54, 1.807) is 0 Å². The topological polar surface area (TPSA) is 29.1 Å². The fraction of sp³-hybridized carbons (Fsp3) is 0.417. The van der Waals surface area contributed by atoms with Crippen molar-refractivity contribution in [3.05, 3.63) is 29.3 Å². The number of nitrogens with one attached hydrogen (secondary N) is 1. The van der Waals surface area contributed by atoms with Crippen molar-refractivity contribution in [2.45, 2.75) is 33.6 Å². The average molecular weight is 191 g/mol. The molecule has 0 aliphatic heterocycles. The van der Waals surface area contributed by atoms with Gasteiger partial charge in [-0.15, -0.1) is 0 Å². The van der Waals surface area contributed by atoms with Gasteiger partial charge in [0.05, 0.1) is 0 Å². The molecule has 0 saturated carbocycles. The molecule has 0 unspecified atom stereocenters. The molecule has 0 atom stereocenters. The molecular weight excluding hydrogens is 174 g/mol. The molecule has 0 radical (unpaired) electrons. The van der Waals surface area contributed by atoms with Crippen molar-refractivity contribution >= 4 is 11.6 Å². The minimum Gasteiger partial charge on any atom is -0.326 e. The molecule has 0 saturated heterocycles. The summed E-state index contributed by atoms with van der Waals surface area (Å²) in [7, 11) is 0. The van der Waals surface area contributed by atoms with E-state index in [0.29, 0.717) is 0 Å². The predicted octanol–water partition coefficient (Wildman–Crippen LogP) is 2.91. The fourth-order valence-corrected chi connectivity index (χ4v) is 1.51. The van der Waals surface area contributed by atoms with Crippen LogP contribution in [0.15, 0.2) is 18.2 Å². The van der Waals surface area contributed by atoms with Gasteiger partial charge in [-0.3, -0.25) is 4.79 Å². The van der Waals surface area contributed by atoms with E-state index in [2.05, 4.69) is 25.2 Å². The Kier molecular flexibility index (Phi) is 3.69. The summed E-state index contributed by atoms with van der Waals surface area (Å²) in [6, 6.07) is 6.13. The molecular formula is C12H17NO. The van der Waals surface area contributed by atoms with E-state index in [9.17, 15) is 4.79 Å². The fourth-order valence-electron chi connectivity index (χ4n) is 1.51. The molecule has 1 N–H and O–H groups in total. The number of hydrogen-bond acceptors (Lipinski definition) is 1. The van der Waals surface area contributed by atoms with Gasteiger partial charge in [-0.2, -0.15) is 0 Å². The Balaban J connectivity index is 2.95. The maximum Gasteiger partial charge on any atom is 0.221 e. The van der Waals surface area contributed by atoms with Crippen molar-refractivity contribution in [3.63, 3.8) is 0 Å². The molecule has 0 spiro atoms. The first kappa shape index (κ1) is 10.8. The average Bonchev–Trinajstić information content (AvgIpc) is 2.09. The summed E-state index contributed by atoms with van der Waals surface area (Å²) < 4.78 is 0. The van der Waals surface area contributed by atoms with E-state index < -0.39 is 0 Å². The molecule has 76 valence electrons. The van der Waals surface area contributed by atoms with Crippen LogP contribution < -0.4 is 5.32 Å². The summed E-state index contributed by atoms with van der Waals surface area (Å²) in [6.07, 6.45) is 2.10. The smallest absolute Gasteiger partial charge is 0.221 e. The first-order valence-corrected chi connectivity index (χ1v) is 5.00. The Morgan fingerprint density at radius 3 is 2.71 bits per heavy atom. The summed E-state index contributed by atoms with van der Waals surface area (Å²) in [4.78, 5) is 10.9. The zero-order valence-electron chi connectivity index (χ0n) is 9.05. The molecule has 0 aromatic heterocycles. The van der Waals surface area contributed by atoms with Gasteiger partial charge in [0, 0.05) is 12.6 Å². The van der Waals surface area contributed by atoms with Gasteiger partial charge in [-0.1, -0.05) is 31.0 Å². The lowest BCUT2D eigenvalue weighted by Gasteiger charge is -2.09. The molecule has 0 bridgehead atoms. The molecule has 1 aromatic carbocycles. The molecule has 1 aromatic rings. The van der Waals surface area contributed by atoms with Crippen LogP contribution in [0.1, 0.15) is 31.4 Å². The number of hydrogen-bond donors (Lipinski definition) is 1. The SMILES string of the molecule is CCCc1cc(C)ccc1NC(C)=O. The number of rotatable bonds is 3. The summed E-state index contributed by atoms with van der Waals surface area (Å²) >= 11 is 0. The summed E-state index contributed by atoms with van der Waals surface area (Å²) in [6.45, 7) is 5.74. The van der Waals surface area contributed by atoms with Crippen LogP contribution in [0.25, 0.3) is 0 Å². The first-order valence-electron chi connectivity index (χ1n) is 5.00. The third kappa shape index (κ3) is 2.87. The van der Waals surface area contributed by atoms with Crippen molar-refractivity contribution in [1.29, 1.82) is 0 Å². The second-order valence-electron chi connectivity index (χ2n) is 3.59. The molecule has 14 heavy (non-hydrogen) atoms. The standard InChI is InChI=1S/C12H17NO/c1-4-5-11-8-9(2)6-7-12(11)13-10(3)14/h6-8H,4-5H2,1-3H3,(H,13,14). The number of carbonyl (C=O) groups excluding carboxylic acids is 1. The second kappa shape index (κ2) is 4.80. The number of anilines is 1. The van der Waals surface area contributed by atoms with E-state index in [4.69, 9.17) is 0 Å². The number of amides is 1. The molecule has 1 rings (SSSR count). The van der Waals surface area contributed by atoms with Gasteiger partial charge in [0.2, 0.25) is 5.91 Å². The normalized spacial score (nSPS) is 9.93. The van der Waals surface area contributed by atoms with E-state index in [1.807, 2.05) is 12.1 Å². The first-order chi connectivity index (χ1) is 6.63. The maximum atomic E-state index is 10.9. The van der Waals surface area contributed by atoms with Crippen LogP contribution in [0.2, 0.25) is 0 Å².